The Morgan fingerprint density at radius 2 is 2.47 bits per heavy atom. The molecule has 0 unspecified atom stereocenters. The molecule has 1 N–H and O–H groups in total. The van der Waals surface area contributed by atoms with Crippen LogP contribution in [0.4, 0.5) is 5.82 Å². The van der Waals surface area contributed by atoms with E-state index in [2.05, 4.69) is 16.9 Å². The number of nitriles is 1. The minimum absolute atomic E-state index is 0.585. The summed E-state index contributed by atoms with van der Waals surface area (Å²) in [7, 11) is 0. The van der Waals surface area contributed by atoms with E-state index in [1.165, 1.54) is 0 Å². The van der Waals surface area contributed by atoms with Gasteiger partial charge in [0.1, 0.15) is 11.9 Å². The molecule has 0 amide bonds. The normalized spacial score (nSPS) is 9.27. The number of thioether (sulfide) groups is 1. The van der Waals surface area contributed by atoms with E-state index in [4.69, 9.17) is 5.26 Å². The highest BCUT2D eigenvalue weighted by atomic mass is 32.2. The lowest BCUT2D eigenvalue weighted by atomic mass is 10.3. The Bertz CT molecular complexity index is 340. The highest BCUT2D eigenvalue weighted by molar-refractivity contribution is 7.99. The van der Waals surface area contributed by atoms with Crippen molar-refractivity contribution in [1.29, 1.82) is 5.26 Å². The van der Waals surface area contributed by atoms with Gasteiger partial charge < -0.3 is 5.32 Å². The van der Waals surface area contributed by atoms with Crippen molar-refractivity contribution in [3.63, 3.8) is 0 Å². The first-order valence-corrected chi connectivity index (χ1v) is 5.81. The van der Waals surface area contributed by atoms with Crippen molar-refractivity contribution in [2.24, 2.45) is 0 Å². The van der Waals surface area contributed by atoms with Crippen molar-refractivity contribution in [1.82, 2.24) is 4.98 Å². The summed E-state index contributed by atoms with van der Waals surface area (Å²) in [6.45, 7) is 4.52. The Morgan fingerprint density at radius 3 is 3.07 bits per heavy atom. The number of rotatable bonds is 6. The standard InChI is InChI=1S/C11H13N3S/c1-2-6-15-7-5-13-11-4-3-10(8-12)9-14-11/h2-4,9H,1,5-7H2,(H,13,14). The van der Waals surface area contributed by atoms with Crippen LogP contribution in [0.25, 0.3) is 0 Å². The van der Waals surface area contributed by atoms with Gasteiger partial charge in [-0.3, -0.25) is 0 Å². The molecular weight excluding hydrogens is 206 g/mol. The second kappa shape index (κ2) is 6.91. The lowest BCUT2D eigenvalue weighted by molar-refractivity contribution is 1.17. The number of hydrogen-bond acceptors (Lipinski definition) is 4. The minimum Gasteiger partial charge on any atom is -0.369 e. The van der Waals surface area contributed by atoms with Crippen LogP contribution in [0.5, 0.6) is 0 Å². The van der Waals surface area contributed by atoms with Crippen LogP contribution in [0, 0.1) is 11.3 Å². The monoisotopic (exact) mass is 219 g/mol. The maximum atomic E-state index is 8.58. The fourth-order valence-corrected chi connectivity index (χ4v) is 1.56. The van der Waals surface area contributed by atoms with Gasteiger partial charge in [-0.05, 0) is 12.1 Å². The van der Waals surface area contributed by atoms with E-state index in [0.717, 1.165) is 23.9 Å². The van der Waals surface area contributed by atoms with Gasteiger partial charge in [-0.1, -0.05) is 6.08 Å². The first kappa shape index (κ1) is 11.6. The number of nitrogens with one attached hydrogen (secondary N) is 1. The molecule has 3 nitrogen and oxygen atoms in total. The van der Waals surface area contributed by atoms with E-state index in [-0.39, 0.29) is 0 Å². The zero-order valence-corrected chi connectivity index (χ0v) is 9.26. The van der Waals surface area contributed by atoms with Crippen LogP contribution in [-0.2, 0) is 0 Å². The summed E-state index contributed by atoms with van der Waals surface area (Å²) in [4.78, 5) is 4.10. The summed E-state index contributed by atoms with van der Waals surface area (Å²) >= 11 is 1.82. The Kier molecular flexibility index (Phi) is 5.34. The molecule has 0 radical (unpaired) electrons. The van der Waals surface area contributed by atoms with Crippen LogP contribution < -0.4 is 5.32 Å². The summed E-state index contributed by atoms with van der Waals surface area (Å²) in [6, 6.07) is 5.61. The summed E-state index contributed by atoms with van der Waals surface area (Å²) in [5.74, 6) is 2.81. The van der Waals surface area contributed by atoms with Gasteiger partial charge in [0.05, 0.1) is 5.56 Å². The predicted octanol–water partition coefficient (Wildman–Crippen LogP) is 2.28. The van der Waals surface area contributed by atoms with Crippen LogP contribution in [0.2, 0.25) is 0 Å². The van der Waals surface area contributed by atoms with Crippen LogP contribution in [-0.4, -0.2) is 23.0 Å². The van der Waals surface area contributed by atoms with Crippen LogP contribution >= 0.6 is 11.8 Å². The third-order valence-corrected chi connectivity index (χ3v) is 2.65. The number of hydrogen-bond donors (Lipinski definition) is 1. The molecule has 0 aliphatic carbocycles. The number of aromatic nitrogens is 1. The lowest BCUT2D eigenvalue weighted by Crippen LogP contribution is -2.05. The molecule has 0 fully saturated rings. The van der Waals surface area contributed by atoms with Gasteiger partial charge in [0.25, 0.3) is 0 Å². The topological polar surface area (TPSA) is 48.7 Å². The Balaban J connectivity index is 2.26. The SMILES string of the molecule is C=CCSCCNc1ccc(C#N)cn1. The maximum absolute atomic E-state index is 8.58. The van der Waals surface area contributed by atoms with Crippen LogP contribution in [0.1, 0.15) is 5.56 Å². The minimum atomic E-state index is 0.585. The quantitative estimate of drug-likeness (QED) is 0.589. The molecule has 0 bridgehead atoms. The van der Waals surface area contributed by atoms with E-state index in [9.17, 15) is 0 Å². The average Bonchev–Trinajstić information content (AvgIpc) is 2.30. The fourth-order valence-electron chi connectivity index (χ4n) is 0.983. The molecule has 0 aromatic carbocycles. The summed E-state index contributed by atoms with van der Waals surface area (Å²) in [5, 5.41) is 11.8. The van der Waals surface area contributed by atoms with Gasteiger partial charge in [0, 0.05) is 24.2 Å². The summed E-state index contributed by atoms with van der Waals surface area (Å²) in [6.07, 6.45) is 3.46. The smallest absolute Gasteiger partial charge is 0.125 e. The molecule has 1 aromatic heterocycles. The largest absolute Gasteiger partial charge is 0.369 e. The van der Waals surface area contributed by atoms with Crippen molar-refractivity contribution >= 4 is 17.6 Å². The Morgan fingerprint density at radius 1 is 1.60 bits per heavy atom. The number of nitrogens with zero attached hydrogens (tertiary/aromatic N) is 2. The molecule has 1 aromatic rings. The molecule has 0 atom stereocenters. The molecule has 0 saturated carbocycles. The third kappa shape index (κ3) is 4.52. The highest BCUT2D eigenvalue weighted by Crippen LogP contribution is 2.05. The summed E-state index contributed by atoms with van der Waals surface area (Å²) in [5.41, 5.74) is 0.585. The molecule has 4 heteroatoms. The van der Waals surface area contributed by atoms with Crippen molar-refractivity contribution in [2.75, 3.05) is 23.4 Å². The van der Waals surface area contributed by atoms with Gasteiger partial charge in [-0.25, -0.2) is 4.98 Å². The molecule has 78 valence electrons. The van der Waals surface area contributed by atoms with E-state index < -0.39 is 0 Å². The van der Waals surface area contributed by atoms with E-state index in [1.54, 1.807) is 12.3 Å². The molecular formula is C11H13N3S. The van der Waals surface area contributed by atoms with Gasteiger partial charge in [0.15, 0.2) is 0 Å². The fraction of sp³-hybridized carbons (Fsp3) is 0.273. The average molecular weight is 219 g/mol. The maximum Gasteiger partial charge on any atom is 0.125 e. The van der Waals surface area contributed by atoms with Gasteiger partial charge in [-0.15, -0.1) is 6.58 Å². The molecule has 0 aliphatic heterocycles. The second-order valence-electron chi connectivity index (χ2n) is 2.83. The Labute approximate surface area is 94.2 Å². The van der Waals surface area contributed by atoms with Gasteiger partial charge in [-0.2, -0.15) is 17.0 Å². The van der Waals surface area contributed by atoms with Crippen molar-refractivity contribution < 1.29 is 0 Å². The van der Waals surface area contributed by atoms with Crippen molar-refractivity contribution in [3.8, 4) is 6.07 Å². The number of pyridine rings is 1. The van der Waals surface area contributed by atoms with Crippen LogP contribution in [0.15, 0.2) is 31.0 Å². The predicted molar refractivity (Wildman–Crippen MR) is 65.0 cm³/mol. The molecule has 1 heterocycles. The van der Waals surface area contributed by atoms with E-state index in [0.29, 0.717) is 5.56 Å². The summed E-state index contributed by atoms with van der Waals surface area (Å²) < 4.78 is 0. The van der Waals surface area contributed by atoms with E-state index in [1.807, 2.05) is 30.0 Å². The third-order valence-electron chi connectivity index (χ3n) is 1.68. The Hall–Kier alpha value is -1.47. The first-order valence-electron chi connectivity index (χ1n) is 4.65. The van der Waals surface area contributed by atoms with Gasteiger partial charge in [0.2, 0.25) is 0 Å². The molecule has 0 spiro atoms. The molecule has 1 rings (SSSR count). The molecule has 15 heavy (non-hydrogen) atoms. The lowest BCUT2D eigenvalue weighted by Gasteiger charge is -2.03. The highest BCUT2D eigenvalue weighted by Gasteiger charge is 1.93. The zero-order valence-electron chi connectivity index (χ0n) is 8.44. The molecule has 0 aliphatic rings. The van der Waals surface area contributed by atoms with E-state index >= 15 is 0 Å². The van der Waals surface area contributed by atoms with Crippen molar-refractivity contribution in [3.05, 3.63) is 36.5 Å². The van der Waals surface area contributed by atoms with Crippen molar-refractivity contribution in [2.45, 2.75) is 0 Å². The molecule has 0 saturated heterocycles. The first-order chi connectivity index (χ1) is 7.36. The number of anilines is 1. The second-order valence-corrected chi connectivity index (χ2v) is 3.98. The van der Waals surface area contributed by atoms with Crippen LogP contribution in [0.3, 0.4) is 0 Å². The zero-order chi connectivity index (χ0) is 10.9. The van der Waals surface area contributed by atoms with Gasteiger partial charge >= 0.3 is 0 Å².